The fourth-order valence-electron chi connectivity index (χ4n) is 0.197. The van der Waals surface area contributed by atoms with Crippen molar-refractivity contribution in [2.45, 2.75) is 0 Å². The molecule has 0 bridgehead atoms. The van der Waals surface area contributed by atoms with Gasteiger partial charge in [-0.25, -0.2) is 0 Å². The molecule has 0 aromatic carbocycles. The van der Waals surface area contributed by atoms with E-state index in [1.54, 1.807) is 7.05 Å². The van der Waals surface area contributed by atoms with Gasteiger partial charge < -0.3 is 5.32 Å². The number of hydrogen-bond donors (Lipinski definition) is 1. The summed E-state index contributed by atoms with van der Waals surface area (Å²) in [6, 6.07) is 0. The quantitative estimate of drug-likeness (QED) is 0.496. The molecule has 0 fully saturated rings. The highest BCUT2D eigenvalue weighted by Gasteiger charge is 1.82. The molecule has 0 rings (SSSR count). The maximum atomic E-state index is 9.87. The standard InChI is InChI=1S/C4H8NO/c1-4(6)3-5-2/h5H,1,3H2,2H3. The molecule has 6 heavy (non-hydrogen) atoms. The van der Waals surface area contributed by atoms with E-state index in [4.69, 9.17) is 0 Å². The number of carbonyl (C=O) groups is 1. The average molecular weight is 86.1 g/mol. The van der Waals surface area contributed by atoms with Gasteiger partial charge in [-0.15, -0.1) is 0 Å². The predicted octanol–water partition coefficient (Wildman–Crippen LogP) is -0.391. The second-order valence-electron chi connectivity index (χ2n) is 1.07. The Morgan fingerprint density at radius 1 is 2.00 bits per heavy atom. The first-order valence-corrected chi connectivity index (χ1v) is 1.76. The molecule has 0 aliphatic heterocycles. The van der Waals surface area contributed by atoms with Gasteiger partial charge in [-0.2, -0.15) is 0 Å². The predicted molar refractivity (Wildman–Crippen MR) is 24.3 cm³/mol. The molecule has 0 saturated heterocycles. The van der Waals surface area contributed by atoms with Gasteiger partial charge in [0.05, 0.1) is 6.54 Å². The Kier molecular flexibility index (Phi) is 2.67. The summed E-state index contributed by atoms with van der Waals surface area (Å²) in [5, 5.41) is 2.66. The average Bonchev–Trinajstić information content (AvgIpc) is 1.35. The molecule has 0 heterocycles. The van der Waals surface area contributed by atoms with E-state index in [0.29, 0.717) is 6.54 Å². The van der Waals surface area contributed by atoms with Gasteiger partial charge in [-0.1, -0.05) is 0 Å². The SMILES string of the molecule is [CH2]C(=O)CNC. The summed E-state index contributed by atoms with van der Waals surface area (Å²) in [4.78, 5) is 9.87. The van der Waals surface area contributed by atoms with Crippen molar-refractivity contribution >= 4 is 5.78 Å². The minimum Gasteiger partial charge on any atom is -0.313 e. The van der Waals surface area contributed by atoms with Crippen molar-refractivity contribution in [1.29, 1.82) is 0 Å². The third kappa shape index (κ3) is 3.63. The van der Waals surface area contributed by atoms with Gasteiger partial charge in [0.25, 0.3) is 0 Å². The van der Waals surface area contributed by atoms with E-state index in [2.05, 4.69) is 12.2 Å². The molecule has 35 valence electrons. The van der Waals surface area contributed by atoms with Crippen LogP contribution in [0.1, 0.15) is 0 Å². The Bertz CT molecular complexity index is 51.5. The topological polar surface area (TPSA) is 29.1 Å². The van der Waals surface area contributed by atoms with Gasteiger partial charge in [0.2, 0.25) is 0 Å². The first kappa shape index (κ1) is 5.63. The molecule has 1 N–H and O–H groups in total. The number of ketones is 1. The minimum absolute atomic E-state index is 0.0718. The molecule has 0 spiro atoms. The van der Waals surface area contributed by atoms with Crippen LogP contribution in [-0.4, -0.2) is 19.4 Å². The molecule has 1 radical (unpaired) electrons. The van der Waals surface area contributed by atoms with Gasteiger partial charge in [0, 0.05) is 6.92 Å². The van der Waals surface area contributed by atoms with Crippen LogP contribution >= 0.6 is 0 Å². The lowest BCUT2D eigenvalue weighted by atomic mass is 10.5. The lowest BCUT2D eigenvalue weighted by molar-refractivity contribution is -0.114. The highest BCUT2D eigenvalue weighted by atomic mass is 16.1. The Morgan fingerprint density at radius 2 is 2.50 bits per heavy atom. The van der Waals surface area contributed by atoms with E-state index in [-0.39, 0.29) is 5.78 Å². The maximum Gasteiger partial charge on any atom is 0.147 e. The van der Waals surface area contributed by atoms with Gasteiger partial charge in [0.1, 0.15) is 5.78 Å². The molecular formula is C4H8NO. The van der Waals surface area contributed by atoms with Gasteiger partial charge >= 0.3 is 0 Å². The molecule has 0 aliphatic rings. The zero-order valence-corrected chi connectivity index (χ0v) is 3.82. The fourth-order valence-corrected chi connectivity index (χ4v) is 0.197. The van der Waals surface area contributed by atoms with Crippen LogP contribution in [0.4, 0.5) is 0 Å². The lowest BCUT2D eigenvalue weighted by Crippen LogP contribution is -2.14. The number of Topliss-reactive ketones (excluding diaryl/α,β-unsaturated/α-hetero) is 1. The summed E-state index contributed by atoms with van der Waals surface area (Å²) in [5.41, 5.74) is 0. The monoisotopic (exact) mass is 86.1 g/mol. The second-order valence-corrected chi connectivity index (χ2v) is 1.07. The molecule has 0 aromatic heterocycles. The van der Waals surface area contributed by atoms with Gasteiger partial charge in [0.15, 0.2) is 0 Å². The summed E-state index contributed by atoms with van der Waals surface area (Å²) in [6.07, 6.45) is 0. The zero-order chi connectivity index (χ0) is 4.99. The van der Waals surface area contributed by atoms with Crippen LogP contribution < -0.4 is 5.32 Å². The van der Waals surface area contributed by atoms with Crippen molar-refractivity contribution in [3.8, 4) is 0 Å². The Morgan fingerprint density at radius 3 is 2.50 bits per heavy atom. The molecule has 2 nitrogen and oxygen atoms in total. The second kappa shape index (κ2) is 2.85. The summed E-state index contributed by atoms with van der Waals surface area (Å²) in [5.74, 6) is -0.0718. The summed E-state index contributed by atoms with van der Waals surface area (Å²) < 4.78 is 0. The number of rotatable bonds is 2. The van der Waals surface area contributed by atoms with Crippen LogP contribution in [0.2, 0.25) is 0 Å². The molecule has 2 heteroatoms. The van der Waals surface area contributed by atoms with Crippen molar-refractivity contribution < 1.29 is 4.79 Å². The van der Waals surface area contributed by atoms with Crippen molar-refractivity contribution in [1.82, 2.24) is 5.32 Å². The van der Waals surface area contributed by atoms with Gasteiger partial charge in [-0.3, -0.25) is 4.79 Å². The summed E-state index contributed by atoms with van der Waals surface area (Å²) in [6.45, 7) is 3.50. The summed E-state index contributed by atoms with van der Waals surface area (Å²) >= 11 is 0. The summed E-state index contributed by atoms with van der Waals surface area (Å²) in [7, 11) is 1.71. The first-order valence-electron chi connectivity index (χ1n) is 1.76. The van der Waals surface area contributed by atoms with Crippen LogP contribution in [0.3, 0.4) is 0 Å². The number of likely N-dealkylation sites (N-methyl/N-ethyl adjacent to an activating group) is 1. The Balaban J connectivity index is 2.83. The van der Waals surface area contributed by atoms with E-state index in [1.807, 2.05) is 0 Å². The molecule has 0 aromatic rings. The van der Waals surface area contributed by atoms with E-state index in [1.165, 1.54) is 0 Å². The third-order valence-corrected chi connectivity index (χ3v) is 0.374. The largest absolute Gasteiger partial charge is 0.313 e. The van der Waals surface area contributed by atoms with E-state index in [0.717, 1.165) is 0 Å². The normalized spacial score (nSPS) is 8.33. The number of hydrogen-bond acceptors (Lipinski definition) is 2. The Hall–Kier alpha value is -0.370. The highest BCUT2D eigenvalue weighted by molar-refractivity contribution is 5.84. The van der Waals surface area contributed by atoms with Crippen molar-refractivity contribution in [2.75, 3.05) is 13.6 Å². The molecule has 0 saturated carbocycles. The lowest BCUT2D eigenvalue weighted by Gasteiger charge is -1.84. The minimum atomic E-state index is -0.0718. The van der Waals surface area contributed by atoms with E-state index in [9.17, 15) is 4.79 Å². The molecular weight excluding hydrogens is 78.0 g/mol. The Labute approximate surface area is 37.5 Å². The van der Waals surface area contributed by atoms with Crippen molar-refractivity contribution in [2.24, 2.45) is 0 Å². The first-order chi connectivity index (χ1) is 2.77. The van der Waals surface area contributed by atoms with E-state index >= 15 is 0 Å². The van der Waals surface area contributed by atoms with Crippen LogP contribution in [0, 0.1) is 6.92 Å². The number of carbonyl (C=O) groups excluding carboxylic acids is 1. The van der Waals surface area contributed by atoms with Crippen LogP contribution in [0.5, 0.6) is 0 Å². The van der Waals surface area contributed by atoms with Crippen LogP contribution in [0.15, 0.2) is 0 Å². The molecule has 0 atom stereocenters. The van der Waals surface area contributed by atoms with Crippen molar-refractivity contribution in [3.63, 3.8) is 0 Å². The van der Waals surface area contributed by atoms with Gasteiger partial charge in [-0.05, 0) is 7.05 Å². The molecule has 0 amide bonds. The smallest absolute Gasteiger partial charge is 0.147 e. The number of nitrogens with one attached hydrogen (secondary N) is 1. The third-order valence-electron chi connectivity index (χ3n) is 0.374. The van der Waals surface area contributed by atoms with Crippen LogP contribution in [0.25, 0.3) is 0 Å². The molecule has 0 aliphatic carbocycles. The van der Waals surface area contributed by atoms with Crippen molar-refractivity contribution in [3.05, 3.63) is 6.92 Å². The maximum absolute atomic E-state index is 9.87. The van der Waals surface area contributed by atoms with Crippen LogP contribution in [-0.2, 0) is 4.79 Å². The molecule has 0 unspecified atom stereocenters. The fraction of sp³-hybridized carbons (Fsp3) is 0.500. The highest BCUT2D eigenvalue weighted by Crippen LogP contribution is 1.55. The van der Waals surface area contributed by atoms with E-state index < -0.39 is 0 Å². The zero-order valence-electron chi connectivity index (χ0n) is 3.82.